The molecule has 1 aliphatic rings. The first kappa shape index (κ1) is 17.9. The predicted octanol–water partition coefficient (Wildman–Crippen LogP) is 2.95. The lowest BCUT2D eigenvalue weighted by molar-refractivity contribution is -0.135. The van der Waals surface area contributed by atoms with Crippen LogP contribution in [0.2, 0.25) is 0 Å². The molecule has 0 aromatic heterocycles. The highest BCUT2D eigenvalue weighted by Crippen LogP contribution is 2.31. The van der Waals surface area contributed by atoms with Gasteiger partial charge in [-0.1, -0.05) is 32.0 Å². The van der Waals surface area contributed by atoms with E-state index in [0.29, 0.717) is 6.54 Å². The molecule has 1 unspecified atom stereocenters. The molecule has 0 aliphatic carbocycles. The van der Waals surface area contributed by atoms with Gasteiger partial charge < -0.3 is 4.90 Å². The summed E-state index contributed by atoms with van der Waals surface area (Å²) in [5.41, 5.74) is 0.212. The van der Waals surface area contributed by atoms with Crippen molar-refractivity contribution in [3.63, 3.8) is 0 Å². The van der Waals surface area contributed by atoms with Crippen molar-refractivity contribution in [1.29, 1.82) is 0 Å². The molecule has 1 amide bonds. The van der Waals surface area contributed by atoms with E-state index in [-0.39, 0.29) is 36.1 Å². The van der Waals surface area contributed by atoms with Crippen LogP contribution in [-0.4, -0.2) is 38.1 Å². The van der Waals surface area contributed by atoms with Crippen molar-refractivity contribution in [2.24, 2.45) is 5.92 Å². The van der Waals surface area contributed by atoms with Crippen LogP contribution in [0.3, 0.4) is 0 Å². The van der Waals surface area contributed by atoms with Crippen LogP contribution < -0.4 is 0 Å². The van der Waals surface area contributed by atoms with E-state index < -0.39 is 20.9 Å². The van der Waals surface area contributed by atoms with Crippen molar-refractivity contribution in [1.82, 2.24) is 4.90 Å². The molecule has 6 heteroatoms. The minimum atomic E-state index is -3.48. The largest absolute Gasteiger partial charge is 0.341 e. The Morgan fingerprint density at radius 3 is 2.52 bits per heavy atom. The first-order chi connectivity index (χ1) is 10.9. The monoisotopic (exact) mass is 341 g/mol. The number of carbonyl (C=O) groups is 1. The molecule has 1 saturated heterocycles. The third kappa shape index (κ3) is 3.91. The molecule has 128 valence electrons. The second-order valence-electron chi connectivity index (χ2n) is 6.00. The van der Waals surface area contributed by atoms with Gasteiger partial charge in [0.25, 0.3) is 0 Å². The van der Waals surface area contributed by atoms with Gasteiger partial charge in [-0.2, -0.15) is 0 Å². The van der Waals surface area contributed by atoms with Gasteiger partial charge in [-0.3, -0.25) is 4.79 Å². The molecule has 23 heavy (non-hydrogen) atoms. The number of benzene rings is 1. The number of hydrogen-bond donors (Lipinski definition) is 0. The van der Waals surface area contributed by atoms with Crippen LogP contribution in [0, 0.1) is 11.7 Å². The minimum Gasteiger partial charge on any atom is -0.341 e. The van der Waals surface area contributed by atoms with Gasteiger partial charge >= 0.3 is 0 Å². The molecule has 1 atom stereocenters. The van der Waals surface area contributed by atoms with Gasteiger partial charge in [0, 0.05) is 24.6 Å². The Morgan fingerprint density at radius 1 is 1.26 bits per heavy atom. The zero-order valence-corrected chi connectivity index (χ0v) is 14.5. The molecule has 1 aromatic carbocycles. The Morgan fingerprint density at radius 2 is 1.91 bits per heavy atom. The summed E-state index contributed by atoms with van der Waals surface area (Å²) < 4.78 is 39.1. The fraction of sp³-hybridized carbons (Fsp3) is 0.588. The number of nitrogens with zero attached hydrogens (tertiary/aromatic N) is 1. The van der Waals surface area contributed by atoms with Crippen molar-refractivity contribution in [3.05, 3.63) is 35.6 Å². The van der Waals surface area contributed by atoms with E-state index in [2.05, 4.69) is 0 Å². The average molecular weight is 341 g/mol. The second kappa shape index (κ2) is 7.43. The van der Waals surface area contributed by atoms with Gasteiger partial charge in [0.15, 0.2) is 9.84 Å². The molecule has 0 saturated carbocycles. The highest BCUT2D eigenvalue weighted by Gasteiger charge is 2.35. The number of halogens is 1. The first-order valence-electron chi connectivity index (χ1n) is 8.15. The maximum absolute atomic E-state index is 14.0. The van der Waals surface area contributed by atoms with Crippen LogP contribution in [0.15, 0.2) is 24.3 Å². The van der Waals surface area contributed by atoms with Crippen LogP contribution in [0.4, 0.5) is 4.39 Å². The summed E-state index contributed by atoms with van der Waals surface area (Å²) in [6.07, 6.45) is 1.74. The zero-order valence-electron chi connectivity index (χ0n) is 13.7. The van der Waals surface area contributed by atoms with Crippen molar-refractivity contribution in [2.45, 2.75) is 38.4 Å². The predicted molar refractivity (Wildman–Crippen MR) is 88.2 cm³/mol. The molecule has 1 heterocycles. The minimum absolute atomic E-state index is 0.0133. The third-order valence-corrected chi connectivity index (χ3v) is 6.75. The van der Waals surface area contributed by atoms with Crippen molar-refractivity contribution in [2.75, 3.05) is 18.8 Å². The molecule has 1 aliphatic heterocycles. The number of amides is 1. The Balaban J connectivity index is 2.24. The second-order valence-corrected chi connectivity index (χ2v) is 8.31. The topological polar surface area (TPSA) is 54.5 Å². The molecule has 1 aromatic rings. The van der Waals surface area contributed by atoms with Crippen LogP contribution in [-0.2, 0) is 14.6 Å². The van der Waals surface area contributed by atoms with Crippen LogP contribution in [0.1, 0.15) is 43.9 Å². The molecule has 2 rings (SSSR count). The van der Waals surface area contributed by atoms with Gasteiger partial charge in [0.1, 0.15) is 5.82 Å². The smallest absolute Gasteiger partial charge is 0.225 e. The average Bonchev–Trinajstić information content (AvgIpc) is 2.67. The molecule has 4 nitrogen and oxygen atoms in total. The SMILES string of the molecule is CCC(CC)C(=O)N1CCC(c2ccccc2F)S(=O)(=O)CC1. The molecular formula is C17H24FNO3S. The maximum Gasteiger partial charge on any atom is 0.225 e. The van der Waals surface area contributed by atoms with Crippen molar-refractivity contribution < 1.29 is 17.6 Å². The van der Waals surface area contributed by atoms with E-state index in [0.717, 1.165) is 12.8 Å². The van der Waals surface area contributed by atoms with E-state index in [1.807, 2.05) is 13.8 Å². The quantitative estimate of drug-likeness (QED) is 0.846. The van der Waals surface area contributed by atoms with E-state index in [9.17, 15) is 17.6 Å². The van der Waals surface area contributed by atoms with Gasteiger partial charge in [0.05, 0.1) is 11.0 Å². The molecule has 0 radical (unpaired) electrons. The number of hydrogen-bond acceptors (Lipinski definition) is 3. The van der Waals surface area contributed by atoms with E-state index in [1.54, 1.807) is 17.0 Å². The lowest BCUT2D eigenvalue weighted by Gasteiger charge is -2.24. The van der Waals surface area contributed by atoms with Crippen LogP contribution in [0.25, 0.3) is 0 Å². The number of sulfone groups is 1. The standard InChI is InChI=1S/C17H24FNO3S/c1-3-13(4-2)17(20)19-10-9-16(23(21,22)12-11-19)14-7-5-6-8-15(14)18/h5-8,13,16H,3-4,9-12H2,1-2H3. The molecular weight excluding hydrogens is 317 g/mol. The van der Waals surface area contributed by atoms with Crippen LogP contribution >= 0.6 is 0 Å². The van der Waals surface area contributed by atoms with E-state index in [1.165, 1.54) is 12.1 Å². The molecule has 0 spiro atoms. The zero-order chi connectivity index (χ0) is 17.0. The van der Waals surface area contributed by atoms with Crippen LogP contribution in [0.5, 0.6) is 0 Å². The summed E-state index contributed by atoms with van der Waals surface area (Å²) >= 11 is 0. The van der Waals surface area contributed by atoms with Gasteiger partial charge in [-0.15, -0.1) is 0 Å². The maximum atomic E-state index is 14.0. The molecule has 0 N–H and O–H groups in total. The Bertz CT molecular complexity index is 656. The molecule has 1 fully saturated rings. The Kier molecular flexibility index (Phi) is 5.79. The lowest BCUT2D eigenvalue weighted by atomic mass is 10.0. The number of carbonyl (C=O) groups excluding carboxylic acids is 1. The fourth-order valence-electron chi connectivity index (χ4n) is 3.15. The third-order valence-electron chi connectivity index (χ3n) is 4.64. The lowest BCUT2D eigenvalue weighted by Crippen LogP contribution is -2.37. The highest BCUT2D eigenvalue weighted by atomic mass is 32.2. The summed E-state index contributed by atoms with van der Waals surface area (Å²) in [4.78, 5) is 14.1. The fourth-order valence-corrected chi connectivity index (χ4v) is 4.95. The van der Waals surface area contributed by atoms with Gasteiger partial charge in [-0.05, 0) is 25.3 Å². The van der Waals surface area contributed by atoms with E-state index in [4.69, 9.17) is 0 Å². The summed E-state index contributed by atoms with van der Waals surface area (Å²) in [6.45, 7) is 4.47. The Labute approximate surface area is 137 Å². The summed E-state index contributed by atoms with van der Waals surface area (Å²) in [5.74, 6) is -0.666. The first-order valence-corrected chi connectivity index (χ1v) is 9.87. The molecule has 0 bridgehead atoms. The summed E-state index contributed by atoms with van der Waals surface area (Å²) in [6, 6.07) is 6.00. The summed E-state index contributed by atoms with van der Waals surface area (Å²) in [5, 5.41) is -0.872. The van der Waals surface area contributed by atoms with Crippen molar-refractivity contribution in [3.8, 4) is 0 Å². The Hall–Kier alpha value is -1.43. The van der Waals surface area contributed by atoms with E-state index >= 15 is 0 Å². The highest BCUT2D eigenvalue weighted by molar-refractivity contribution is 7.91. The van der Waals surface area contributed by atoms with Gasteiger partial charge in [-0.25, -0.2) is 12.8 Å². The summed E-state index contributed by atoms with van der Waals surface area (Å²) in [7, 11) is -3.48. The normalized spacial score (nSPS) is 21.2. The van der Waals surface area contributed by atoms with Gasteiger partial charge in [0.2, 0.25) is 5.91 Å². The number of rotatable bonds is 4. The van der Waals surface area contributed by atoms with Crippen molar-refractivity contribution >= 4 is 15.7 Å².